The molecule has 2 aromatic carbocycles. The van der Waals surface area contributed by atoms with Gasteiger partial charge in [-0.3, -0.25) is 9.59 Å². The molecule has 1 unspecified atom stereocenters. The fourth-order valence-electron chi connectivity index (χ4n) is 2.60. The van der Waals surface area contributed by atoms with E-state index in [9.17, 15) is 19.5 Å². The first-order valence-electron chi connectivity index (χ1n) is 8.80. The molecular weight excluding hydrogens is 348 g/mol. The third-order valence-electron chi connectivity index (χ3n) is 3.91. The van der Waals surface area contributed by atoms with Gasteiger partial charge in [0.25, 0.3) is 11.8 Å². The third kappa shape index (κ3) is 5.44. The molecule has 0 aliphatic carbocycles. The van der Waals surface area contributed by atoms with Gasteiger partial charge in [0, 0.05) is 6.04 Å². The van der Waals surface area contributed by atoms with E-state index in [1.807, 2.05) is 38.1 Å². The summed E-state index contributed by atoms with van der Waals surface area (Å²) in [6.45, 7) is 5.10. The van der Waals surface area contributed by atoms with Gasteiger partial charge in [0.15, 0.2) is 6.61 Å². The molecule has 0 radical (unpaired) electrons. The second-order valence-corrected chi connectivity index (χ2v) is 6.48. The molecule has 144 valence electrons. The van der Waals surface area contributed by atoms with Crippen LogP contribution in [0.4, 0.5) is 0 Å². The molecule has 2 aromatic rings. The Bertz CT molecular complexity index is 847. The van der Waals surface area contributed by atoms with Crippen LogP contribution in [0.2, 0.25) is 0 Å². The molecule has 0 spiro atoms. The molecule has 0 aromatic heterocycles. The molecule has 3 N–H and O–H groups in total. The highest BCUT2D eigenvalue weighted by molar-refractivity contribution is 6.03. The highest BCUT2D eigenvalue weighted by Gasteiger charge is 2.22. The number of hydrogen-bond acceptors (Lipinski definition) is 4. The number of aliphatic carboxylic acids is 1. The van der Waals surface area contributed by atoms with Crippen molar-refractivity contribution in [1.29, 1.82) is 0 Å². The van der Waals surface area contributed by atoms with Crippen LogP contribution in [-0.2, 0) is 9.59 Å². The van der Waals surface area contributed by atoms with Gasteiger partial charge in [0.1, 0.15) is 11.8 Å². The SMILES string of the molecule is CCC(NC(=O)c1cc2ccccc2cc1OCC(=O)NC(C)C)C(=O)O. The van der Waals surface area contributed by atoms with E-state index in [4.69, 9.17) is 4.74 Å². The summed E-state index contributed by atoms with van der Waals surface area (Å²) in [5, 5.41) is 16.0. The predicted molar refractivity (Wildman–Crippen MR) is 102 cm³/mol. The van der Waals surface area contributed by atoms with Crippen LogP contribution in [0, 0.1) is 0 Å². The van der Waals surface area contributed by atoms with E-state index in [-0.39, 0.29) is 36.3 Å². The van der Waals surface area contributed by atoms with Crippen molar-refractivity contribution in [2.45, 2.75) is 39.3 Å². The minimum atomic E-state index is -1.11. The molecule has 2 rings (SSSR count). The first-order chi connectivity index (χ1) is 12.8. The fraction of sp³-hybridized carbons (Fsp3) is 0.350. The summed E-state index contributed by atoms with van der Waals surface area (Å²) in [7, 11) is 0. The Morgan fingerprint density at radius 1 is 1.07 bits per heavy atom. The topological polar surface area (TPSA) is 105 Å². The monoisotopic (exact) mass is 372 g/mol. The molecule has 0 heterocycles. The molecule has 7 nitrogen and oxygen atoms in total. The van der Waals surface area contributed by atoms with Crippen LogP contribution in [0.25, 0.3) is 10.8 Å². The Balaban J connectivity index is 2.32. The zero-order chi connectivity index (χ0) is 20.0. The number of amides is 2. The summed E-state index contributed by atoms with van der Waals surface area (Å²) in [5.74, 6) is -1.74. The van der Waals surface area contributed by atoms with E-state index in [1.54, 1.807) is 19.1 Å². The number of nitrogens with one attached hydrogen (secondary N) is 2. The first-order valence-corrected chi connectivity index (χ1v) is 8.80. The molecular formula is C20H24N2O5. The number of rotatable bonds is 8. The lowest BCUT2D eigenvalue weighted by Crippen LogP contribution is -2.40. The summed E-state index contributed by atoms with van der Waals surface area (Å²) < 4.78 is 5.58. The first kappa shape index (κ1) is 20.2. The standard InChI is InChI=1S/C20H24N2O5/c1-4-16(20(25)26)22-19(24)15-9-13-7-5-6-8-14(13)10-17(15)27-11-18(23)21-12(2)3/h5-10,12,16H,4,11H2,1-3H3,(H,21,23)(H,22,24)(H,25,26). The number of hydrogen-bond donors (Lipinski definition) is 3. The van der Waals surface area contributed by atoms with Crippen molar-refractivity contribution in [3.05, 3.63) is 42.0 Å². The van der Waals surface area contributed by atoms with Crippen LogP contribution in [0.5, 0.6) is 5.75 Å². The number of carboxylic acid groups (broad SMARTS) is 1. The molecule has 0 fully saturated rings. The second kappa shape index (κ2) is 9.02. The zero-order valence-corrected chi connectivity index (χ0v) is 15.6. The van der Waals surface area contributed by atoms with Crippen LogP contribution >= 0.6 is 0 Å². The summed E-state index contributed by atoms with van der Waals surface area (Å²) in [6.07, 6.45) is 0.252. The predicted octanol–water partition coefficient (Wildman–Crippen LogP) is 2.34. The molecule has 1 atom stereocenters. The van der Waals surface area contributed by atoms with Crippen molar-refractivity contribution in [1.82, 2.24) is 10.6 Å². The number of carbonyl (C=O) groups is 3. The van der Waals surface area contributed by atoms with Gasteiger partial charge in [0.2, 0.25) is 0 Å². The van der Waals surface area contributed by atoms with Crippen molar-refractivity contribution in [2.24, 2.45) is 0 Å². The molecule has 0 saturated heterocycles. The lowest BCUT2D eigenvalue weighted by Gasteiger charge is -2.16. The molecule has 27 heavy (non-hydrogen) atoms. The van der Waals surface area contributed by atoms with Crippen molar-refractivity contribution in [3.63, 3.8) is 0 Å². The summed E-state index contributed by atoms with van der Waals surface area (Å²) in [4.78, 5) is 35.7. The Morgan fingerprint density at radius 3 is 2.26 bits per heavy atom. The van der Waals surface area contributed by atoms with Crippen molar-refractivity contribution in [3.8, 4) is 5.75 Å². The van der Waals surface area contributed by atoms with Crippen LogP contribution in [0.15, 0.2) is 36.4 Å². The fourth-order valence-corrected chi connectivity index (χ4v) is 2.60. The van der Waals surface area contributed by atoms with Crippen molar-refractivity contribution >= 4 is 28.6 Å². The highest BCUT2D eigenvalue weighted by Crippen LogP contribution is 2.26. The average Bonchev–Trinajstić information content (AvgIpc) is 2.62. The number of ether oxygens (including phenoxy) is 1. The van der Waals surface area contributed by atoms with Crippen molar-refractivity contribution < 1.29 is 24.2 Å². The van der Waals surface area contributed by atoms with Gasteiger partial charge < -0.3 is 20.5 Å². The quantitative estimate of drug-likeness (QED) is 0.660. The van der Waals surface area contributed by atoms with Gasteiger partial charge in [-0.1, -0.05) is 31.2 Å². The van der Waals surface area contributed by atoms with Crippen LogP contribution in [0.3, 0.4) is 0 Å². The molecule has 0 aliphatic rings. The van der Waals surface area contributed by atoms with E-state index < -0.39 is 17.9 Å². The summed E-state index contributed by atoms with van der Waals surface area (Å²) in [6, 6.07) is 9.69. The number of carboxylic acids is 1. The van der Waals surface area contributed by atoms with E-state index in [0.717, 1.165) is 10.8 Å². The van der Waals surface area contributed by atoms with Gasteiger partial charge >= 0.3 is 5.97 Å². The van der Waals surface area contributed by atoms with E-state index in [0.29, 0.717) is 0 Å². The Labute approximate surface area is 157 Å². The van der Waals surface area contributed by atoms with E-state index in [1.165, 1.54) is 0 Å². The van der Waals surface area contributed by atoms with Crippen molar-refractivity contribution in [2.75, 3.05) is 6.61 Å². The number of benzene rings is 2. The second-order valence-electron chi connectivity index (χ2n) is 6.48. The van der Waals surface area contributed by atoms with Gasteiger partial charge in [-0.2, -0.15) is 0 Å². The molecule has 0 aliphatic heterocycles. The Morgan fingerprint density at radius 2 is 1.70 bits per heavy atom. The van der Waals surface area contributed by atoms with Gasteiger partial charge in [-0.05, 0) is 43.2 Å². The maximum Gasteiger partial charge on any atom is 0.326 e. The maximum atomic E-state index is 12.7. The molecule has 2 amide bonds. The number of fused-ring (bicyclic) bond motifs is 1. The minimum Gasteiger partial charge on any atom is -0.483 e. The smallest absolute Gasteiger partial charge is 0.326 e. The van der Waals surface area contributed by atoms with Crippen LogP contribution in [0.1, 0.15) is 37.6 Å². The highest BCUT2D eigenvalue weighted by atomic mass is 16.5. The van der Waals surface area contributed by atoms with E-state index in [2.05, 4.69) is 10.6 Å². The molecule has 7 heteroatoms. The van der Waals surface area contributed by atoms with Gasteiger partial charge in [-0.25, -0.2) is 4.79 Å². The Kier molecular flexibility index (Phi) is 6.76. The van der Waals surface area contributed by atoms with Gasteiger partial charge in [0.05, 0.1) is 5.56 Å². The zero-order valence-electron chi connectivity index (χ0n) is 15.6. The summed E-state index contributed by atoms with van der Waals surface area (Å²) in [5.41, 5.74) is 0.186. The lowest BCUT2D eigenvalue weighted by molar-refractivity contribution is -0.139. The normalized spacial score (nSPS) is 11.9. The Hall–Kier alpha value is -3.09. The average molecular weight is 372 g/mol. The van der Waals surface area contributed by atoms with Gasteiger partial charge in [-0.15, -0.1) is 0 Å². The van der Waals surface area contributed by atoms with Crippen LogP contribution in [-0.4, -0.2) is 41.6 Å². The largest absolute Gasteiger partial charge is 0.483 e. The summed E-state index contributed by atoms with van der Waals surface area (Å²) >= 11 is 0. The molecule has 0 saturated carbocycles. The lowest BCUT2D eigenvalue weighted by atomic mass is 10.0. The maximum absolute atomic E-state index is 12.7. The number of carbonyl (C=O) groups excluding carboxylic acids is 2. The van der Waals surface area contributed by atoms with Crippen LogP contribution < -0.4 is 15.4 Å². The third-order valence-corrected chi connectivity index (χ3v) is 3.91. The minimum absolute atomic E-state index is 0.0265. The molecule has 0 bridgehead atoms. The van der Waals surface area contributed by atoms with E-state index >= 15 is 0 Å².